The first-order valence-corrected chi connectivity index (χ1v) is 7.70. The van der Waals surface area contributed by atoms with Crippen molar-refractivity contribution in [2.24, 2.45) is 0 Å². The van der Waals surface area contributed by atoms with E-state index in [1.54, 1.807) is 0 Å². The number of halogens is 1. The van der Waals surface area contributed by atoms with E-state index in [1.807, 2.05) is 19.2 Å². The lowest BCUT2D eigenvalue weighted by atomic mass is 10.2. The van der Waals surface area contributed by atoms with Gasteiger partial charge in [-0.3, -0.25) is 14.8 Å². The Morgan fingerprint density at radius 1 is 1.26 bits per heavy atom. The number of pyridine rings is 1. The van der Waals surface area contributed by atoms with E-state index in [0.717, 1.165) is 55.9 Å². The van der Waals surface area contributed by atoms with Crippen LogP contribution in [0, 0.1) is 0 Å². The highest BCUT2D eigenvalue weighted by Gasteiger charge is 2.18. The Labute approximate surface area is 123 Å². The largest absolute Gasteiger partial charge is 0.392 e. The molecule has 0 unspecified atom stereocenters. The smallest absolute Gasteiger partial charge is 0.0664 e. The van der Waals surface area contributed by atoms with Crippen LogP contribution in [-0.4, -0.2) is 58.7 Å². The van der Waals surface area contributed by atoms with Gasteiger partial charge in [-0.25, -0.2) is 0 Å². The van der Waals surface area contributed by atoms with Crippen LogP contribution in [-0.2, 0) is 6.54 Å². The topological polar surface area (TPSA) is 39.6 Å². The molecule has 0 spiro atoms. The highest BCUT2D eigenvalue weighted by molar-refractivity contribution is 9.10. The third-order valence-electron chi connectivity index (χ3n) is 3.58. The molecule has 0 amide bonds. The summed E-state index contributed by atoms with van der Waals surface area (Å²) >= 11 is 3.40. The van der Waals surface area contributed by atoms with Crippen molar-refractivity contribution in [2.45, 2.75) is 26.0 Å². The van der Waals surface area contributed by atoms with E-state index < -0.39 is 0 Å². The average molecular weight is 328 g/mol. The minimum atomic E-state index is -0.181. The second-order valence-corrected chi connectivity index (χ2v) is 6.02. The molecule has 0 bridgehead atoms. The van der Waals surface area contributed by atoms with Crippen LogP contribution in [0.15, 0.2) is 22.8 Å². The van der Waals surface area contributed by atoms with Crippen molar-refractivity contribution < 1.29 is 5.11 Å². The molecule has 0 saturated carbocycles. The number of aliphatic hydroxyl groups excluding tert-OH is 1. The Hall–Kier alpha value is -0.490. The first kappa shape index (κ1) is 14.9. The second kappa shape index (κ2) is 7.33. The number of aromatic nitrogens is 1. The second-order valence-electron chi connectivity index (χ2n) is 5.11. The third kappa shape index (κ3) is 4.84. The van der Waals surface area contributed by atoms with Gasteiger partial charge in [0.15, 0.2) is 0 Å². The third-order valence-corrected chi connectivity index (χ3v) is 4.05. The summed E-state index contributed by atoms with van der Waals surface area (Å²) in [5.74, 6) is 0. The maximum atomic E-state index is 9.67. The van der Waals surface area contributed by atoms with E-state index in [0.29, 0.717) is 0 Å². The molecule has 106 valence electrons. The summed E-state index contributed by atoms with van der Waals surface area (Å²) < 4.78 is 1.02. The van der Waals surface area contributed by atoms with Crippen molar-refractivity contribution in [1.82, 2.24) is 14.8 Å². The number of piperazine rings is 1. The molecule has 2 heterocycles. The number of hydrogen-bond acceptors (Lipinski definition) is 4. The van der Waals surface area contributed by atoms with Crippen LogP contribution in [0.4, 0.5) is 0 Å². The van der Waals surface area contributed by atoms with Crippen LogP contribution in [0.1, 0.15) is 19.0 Å². The van der Waals surface area contributed by atoms with Gasteiger partial charge in [0.1, 0.15) is 0 Å². The molecule has 0 aliphatic carbocycles. The van der Waals surface area contributed by atoms with E-state index in [4.69, 9.17) is 0 Å². The standard InChI is InChI=1S/C14H22BrN3O/c1-2-14(19)11-18-7-5-17(6-8-18)10-13-4-3-12(15)9-16-13/h3-4,9,14,19H,2,5-8,10-11H2,1H3/t14-/m1/s1. The van der Waals surface area contributed by atoms with Gasteiger partial charge >= 0.3 is 0 Å². The zero-order valence-electron chi connectivity index (χ0n) is 11.4. The predicted octanol–water partition coefficient (Wildman–Crippen LogP) is 1.73. The predicted molar refractivity (Wildman–Crippen MR) is 80.0 cm³/mol. The molecule has 0 aromatic carbocycles. The number of rotatable bonds is 5. The molecule has 1 fully saturated rings. The molecule has 19 heavy (non-hydrogen) atoms. The van der Waals surface area contributed by atoms with E-state index in [1.165, 1.54) is 0 Å². The Balaban J connectivity index is 1.75. The number of nitrogens with zero attached hydrogens (tertiary/aromatic N) is 3. The quantitative estimate of drug-likeness (QED) is 0.894. The molecular weight excluding hydrogens is 306 g/mol. The molecule has 5 heteroatoms. The summed E-state index contributed by atoms with van der Waals surface area (Å²) in [7, 11) is 0. The molecule has 1 aliphatic rings. The molecule has 2 rings (SSSR count). The normalized spacial score (nSPS) is 19.5. The van der Waals surface area contributed by atoms with Crippen LogP contribution in [0.3, 0.4) is 0 Å². The van der Waals surface area contributed by atoms with Crippen molar-refractivity contribution in [1.29, 1.82) is 0 Å². The summed E-state index contributed by atoms with van der Waals surface area (Å²) in [4.78, 5) is 9.18. The molecule has 1 aliphatic heterocycles. The van der Waals surface area contributed by atoms with E-state index in [2.05, 4.69) is 36.8 Å². The maximum Gasteiger partial charge on any atom is 0.0664 e. The lowest BCUT2D eigenvalue weighted by Crippen LogP contribution is -2.48. The summed E-state index contributed by atoms with van der Waals surface area (Å²) in [6.07, 6.45) is 2.51. The first-order valence-electron chi connectivity index (χ1n) is 6.90. The minimum absolute atomic E-state index is 0.181. The number of hydrogen-bond donors (Lipinski definition) is 1. The van der Waals surface area contributed by atoms with E-state index in [9.17, 15) is 5.11 Å². The lowest BCUT2D eigenvalue weighted by molar-refractivity contribution is 0.0683. The van der Waals surface area contributed by atoms with Gasteiger partial charge < -0.3 is 5.11 Å². The minimum Gasteiger partial charge on any atom is -0.392 e. The van der Waals surface area contributed by atoms with Gasteiger partial charge in [0.2, 0.25) is 0 Å². The van der Waals surface area contributed by atoms with Crippen LogP contribution >= 0.6 is 15.9 Å². The fourth-order valence-corrected chi connectivity index (χ4v) is 2.52. The van der Waals surface area contributed by atoms with Crippen molar-refractivity contribution >= 4 is 15.9 Å². The maximum absolute atomic E-state index is 9.67. The van der Waals surface area contributed by atoms with Crippen molar-refractivity contribution in [3.63, 3.8) is 0 Å². The molecule has 1 saturated heterocycles. The van der Waals surface area contributed by atoms with Gasteiger partial charge in [0.05, 0.1) is 11.8 Å². The van der Waals surface area contributed by atoms with Crippen LogP contribution in [0.25, 0.3) is 0 Å². The van der Waals surface area contributed by atoms with Crippen molar-refractivity contribution in [3.05, 3.63) is 28.5 Å². The molecule has 0 radical (unpaired) electrons. The first-order chi connectivity index (χ1) is 9.17. The van der Waals surface area contributed by atoms with E-state index >= 15 is 0 Å². The van der Waals surface area contributed by atoms with Gasteiger partial charge in [-0.2, -0.15) is 0 Å². The Morgan fingerprint density at radius 3 is 2.53 bits per heavy atom. The molecule has 1 N–H and O–H groups in total. The zero-order chi connectivity index (χ0) is 13.7. The summed E-state index contributed by atoms with van der Waals surface area (Å²) in [5.41, 5.74) is 1.12. The highest BCUT2D eigenvalue weighted by atomic mass is 79.9. The van der Waals surface area contributed by atoms with Gasteiger partial charge in [-0.1, -0.05) is 6.92 Å². The van der Waals surface area contributed by atoms with Crippen molar-refractivity contribution in [3.8, 4) is 0 Å². The van der Waals surface area contributed by atoms with Gasteiger partial charge in [0, 0.05) is 49.9 Å². The summed E-state index contributed by atoms with van der Waals surface area (Å²) in [6, 6.07) is 4.10. The Bertz CT molecular complexity index is 377. The lowest BCUT2D eigenvalue weighted by Gasteiger charge is -2.35. The van der Waals surface area contributed by atoms with Gasteiger partial charge in [0.25, 0.3) is 0 Å². The highest BCUT2D eigenvalue weighted by Crippen LogP contribution is 2.11. The fraction of sp³-hybridized carbons (Fsp3) is 0.643. The number of aliphatic hydroxyl groups is 1. The molecule has 1 aromatic heterocycles. The average Bonchev–Trinajstić information content (AvgIpc) is 2.43. The fourth-order valence-electron chi connectivity index (χ4n) is 2.29. The van der Waals surface area contributed by atoms with Crippen molar-refractivity contribution in [2.75, 3.05) is 32.7 Å². The van der Waals surface area contributed by atoms with Crippen LogP contribution in [0.5, 0.6) is 0 Å². The van der Waals surface area contributed by atoms with Crippen LogP contribution in [0.2, 0.25) is 0 Å². The Kier molecular flexibility index (Phi) is 5.76. The Morgan fingerprint density at radius 2 is 1.95 bits per heavy atom. The summed E-state index contributed by atoms with van der Waals surface area (Å²) in [5, 5.41) is 9.67. The molecular formula is C14H22BrN3O. The monoisotopic (exact) mass is 327 g/mol. The molecule has 1 aromatic rings. The molecule has 4 nitrogen and oxygen atoms in total. The number of β-amino-alcohol motifs (C(OH)–C–C–N with tert-alkyl or cyclic N) is 1. The van der Waals surface area contributed by atoms with Gasteiger partial charge in [-0.15, -0.1) is 0 Å². The van der Waals surface area contributed by atoms with E-state index in [-0.39, 0.29) is 6.10 Å². The zero-order valence-corrected chi connectivity index (χ0v) is 13.0. The van der Waals surface area contributed by atoms with Crippen LogP contribution < -0.4 is 0 Å². The SMILES string of the molecule is CC[C@@H](O)CN1CCN(Cc2ccc(Br)cn2)CC1. The van der Waals surface area contributed by atoms with Gasteiger partial charge in [-0.05, 0) is 34.5 Å². The summed E-state index contributed by atoms with van der Waals surface area (Å²) in [6.45, 7) is 7.92. The molecule has 1 atom stereocenters.